The first-order valence-corrected chi connectivity index (χ1v) is 10.6. The van der Waals surface area contributed by atoms with E-state index in [4.69, 9.17) is 0 Å². The van der Waals surface area contributed by atoms with Crippen molar-refractivity contribution in [2.45, 2.75) is 52.5 Å². The average Bonchev–Trinajstić information content (AvgIpc) is 2.70. The molecule has 0 radical (unpaired) electrons. The lowest BCUT2D eigenvalue weighted by Gasteiger charge is -2.21. The third kappa shape index (κ3) is 11.7. The maximum atomic E-state index is 4.36. The number of aliphatic imine (C=N–C) groups is 1. The van der Waals surface area contributed by atoms with Gasteiger partial charge in [-0.1, -0.05) is 32.0 Å². The lowest BCUT2D eigenvalue weighted by atomic mass is 10.2. The fourth-order valence-electron chi connectivity index (χ4n) is 3.15. The Hall–Kier alpha value is -1.02. The van der Waals surface area contributed by atoms with Gasteiger partial charge in [0, 0.05) is 38.9 Å². The van der Waals surface area contributed by atoms with Gasteiger partial charge in [0.05, 0.1) is 0 Å². The number of hydrogen-bond acceptors (Lipinski definition) is 3. The van der Waals surface area contributed by atoms with Crippen LogP contribution in [0.15, 0.2) is 35.3 Å². The Morgan fingerprint density at radius 3 is 2.32 bits per heavy atom. The number of guanidine groups is 1. The zero-order valence-electron chi connectivity index (χ0n) is 18.6. The fraction of sp³-hybridized carbons (Fsp3) is 0.682. The number of halogens is 1. The largest absolute Gasteiger partial charge is 0.375 e. The van der Waals surface area contributed by atoms with E-state index in [1.807, 2.05) is 7.05 Å². The van der Waals surface area contributed by atoms with Crippen molar-refractivity contribution in [1.29, 1.82) is 0 Å². The predicted molar refractivity (Wildman–Crippen MR) is 135 cm³/mol. The maximum absolute atomic E-state index is 4.36. The second-order valence-corrected chi connectivity index (χ2v) is 7.18. The molecule has 2 N–H and O–H groups in total. The zero-order valence-corrected chi connectivity index (χ0v) is 20.9. The van der Waals surface area contributed by atoms with Crippen LogP contribution in [0, 0.1) is 0 Å². The Labute approximate surface area is 190 Å². The molecule has 1 rings (SSSR count). The van der Waals surface area contributed by atoms with Crippen molar-refractivity contribution < 1.29 is 0 Å². The van der Waals surface area contributed by atoms with E-state index in [-0.39, 0.29) is 24.0 Å². The molecular weight excluding hydrogens is 461 g/mol. The third-order valence-electron chi connectivity index (χ3n) is 5.02. The Balaban J connectivity index is 0.00000729. The molecule has 0 spiro atoms. The summed E-state index contributed by atoms with van der Waals surface area (Å²) in [5.74, 6) is 0.918. The monoisotopic (exact) mass is 503 g/mol. The highest BCUT2D eigenvalue weighted by Crippen LogP contribution is 2.11. The molecule has 6 heteroatoms. The molecule has 0 aliphatic carbocycles. The Kier molecular flexibility index (Phi) is 16.3. The predicted octanol–water partition coefficient (Wildman–Crippen LogP) is 4.20. The van der Waals surface area contributed by atoms with Crippen LogP contribution in [-0.4, -0.2) is 63.7 Å². The molecule has 1 aromatic carbocycles. The van der Waals surface area contributed by atoms with E-state index in [9.17, 15) is 0 Å². The maximum Gasteiger partial charge on any atom is 0.191 e. The van der Waals surface area contributed by atoms with Crippen molar-refractivity contribution in [2.75, 3.05) is 51.7 Å². The first-order valence-electron chi connectivity index (χ1n) is 10.6. The second-order valence-electron chi connectivity index (χ2n) is 7.18. The van der Waals surface area contributed by atoms with Gasteiger partial charge < -0.3 is 20.4 Å². The lowest BCUT2D eigenvalue weighted by molar-refractivity contribution is 0.292. The molecule has 28 heavy (non-hydrogen) atoms. The lowest BCUT2D eigenvalue weighted by Crippen LogP contribution is -2.42. The average molecular weight is 504 g/mol. The van der Waals surface area contributed by atoms with E-state index in [1.54, 1.807) is 0 Å². The summed E-state index contributed by atoms with van der Waals surface area (Å²) < 4.78 is 0. The van der Waals surface area contributed by atoms with Gasteiger partial charge in [-0.2, -0.15) is 0 Å². The number of benzene rings is 1. The standard InChI is InChI=1S/C22H41N5.HI/c1-6-27(7-2)19-13-14-20(3)25-22(23-4)24-17-11-12-18-26(5)21-15-9-8-10-16-21;/h8-10,15-16,20H,6-7,11-14,17-19H2,1-5H3,(H2,23,24,25);1H. The molecule has 0 heterocycles. The minimum absolute atomic E-state index is 0. The number of unbranched alkanes of at least 4 members (excludes halogenated alkanes) is 1. The molecular formula is C22H42IN5. The van der Waals surface area contributed by atoms with Crippen LogP contribution >= 0.6 is 24.0 Å². The van der Waals surface area contributed by atoms with Crippen molar-refractivity contribution in [2.24, 2.45) is 4.99 Å². The van der Waals surface area contributed by atoms with E-state index in [1.165, 1.54) is 25.1 Å². The fourth-order valence-corrected chi connectivity index (χ4v) is 3.15. The highest BCUT2D eigenvalue weighted by Gasteiger charge is 2.06. The first-order chi connectivity index (χ1) is 13.1. The molecule has 1 unspecified atom stereocenters. The smallest absolute Gasteiger partial charge is 0.191 e. The summed E-state index contributed by atoms with van der Waals surface area (Å²) >= 11 is 0. The van der Waals surface area contributed by atoms with Crippen LogP contribution in [0.25, 0.3) is 0 Å². The van der Waals surface area contributed by atoms with Gasteiger partial charge in [0.15, 0.2) is 5.96 Å². The normalized spacial score (nSPS) is 12.4. The van der Waals surface area contributed by atoms with E-state index < -0.39 is 0 Å². The minimum Gasteiger partial charge on any atom is -0.375 e. The molecule has 162 valence electrons. The van der Waals surface area contributed by atoms with Gasteiger partial charge in [-0.25, -0.2) is 0 Å². The summed E-state index contributed by atoms with van der Waals surface area (Å²) in [4.78, 5) is 9.15. The van der Waals surface area contributed by atoms with Crippen molar-refractivity contribution in [3.05, 3.63) is 30.3 Å². The number of para-hydroxylation sites is 1. The van der Waals surface area contributed by atoms with Gasteiger partial charge in [0.25, 0.3) is 0 Å². The highest BCUT2D eigenvalue weighted by atomic mass is 127. The summed E-state index contributed by atoms with van der Waals surface area (Å²) in [7, 11) is 4.00. The first kappa shape index (κ1) is 27.0. The van der Waals surface area contributed by atoms with Crippen molar-refractivity contribution in [3.8, 4) is 0 Å². The summed E-state index contributed by atoms with van der Waals surface area (Å²) in [5, 5.41) is 6.96. The van der Waals surface area contributed by atoms with Crippen LogP contribution in [0.4, 0.5) is 5.69 Å². The van der Waals surface area contributed by atoms with Crippen molar-refractivity contribution in [3.63, 3.8) is 0 Å². The molecule has 0 aliphatic rings. The summed E-state index contributed by atoms with van der Waals surface area (Å²) in [5.41, 5.74) is 1.28. The van der Waals surface area contributed by atoms with Gasteiger partial charge in [0.2, 0.25) is 0 Å². The van der Waals surface area contributed by atoms with Crippen LogP contribution < -0.4 is 15.5 Å². The van der Waals surface area contributed by atoms with E-state index in [0.29, 0.717) is 6.04 Å². The van der Waals surface area contributed by atoms with Crippen LogP contribution in [0.5, 0.6) is 0 Å². The van der Waals surface area contributed by atoms with Crippen LogP contribution in [0.1, 0.15) is 46.5 Å². The van der Waals surface area contributed by atoms with Crippen molar-refractivity contribution in [1.82, 2.24) is 15.5 Å². The number of anilines is 1. The molecule has 1 aromatic rings. The number of nitrogens with one attached hydrogen (secondary N) is 2. The molecule has 1 atom stereocenters. The Morgan fingerprint density at radius 1 is 1.04 bits per heavy atom. The number of rotatable bonds is 13. The molecule has 0 aromatic heterocycles. The summed E-state index contributed by atoms with van der Waals surface area (Å²) in [6.07, 6.45) is 4.68. The topological polar surface area (TPSA) is 42.9 Å². The van der Waals surface area contributed by atoms with Gasteiger partial charge in [0.1, 0.15) is 0 Å². The number of nitrogens with zero attached hydrogens (tertiary/aromatic N) is 3. The van der Waals surface area contributed by atoms with Crippen molar-refractivity contribution >= 4 is 35.6 Å². The van der Waals surface area contributed by atoms with Crippen LogP contribution in [0.2, 0.25) is 0 Å². The molecule has 0 bridgehead atoms. The van der Waals surface area contributed by atoms with Gasteiger partial charge in [-0.3, -0.25) is 4.99 Å². The summed E-state index contributed by atoms with van der Waals surface area (Å²) in [6, 6.07) is 11.0. The molecule has 0 fully saturated rings. The SMILES string of the molecule is CCN(CC)CCCC(C)NC(=NC)NCCCCN(C)c1ccccc1.I. The van der Waals surface area contributed by atoms with Crippen LogP contribution in [0.3, 0.4) is 0 Å². The highest BCUT2D eigenvalue weighted by molar-refractivity contribution is 14.0. The molecule has 0 amide bonds. The van der Waals surface area contributed by atoms with Gasteiger partial charge in [-0.15, -0.1) is 24.0 Å². The molecule has 0 saturated carbocycles. The minimum atomic E-state index is 0. The third-order valence-corrected chi connectivity index (χ3v) is 5.02. The second kappa shape index (κ2) is 16.9. The van der Waals surface area contributed by atoms with Crippen LogP contribution in [-0.2, 0) is 0 Å². The quantitative estimate of drug-likeness (QED) is 0.183. The molecule has 0 saturated heterocycles. The van der Waals surface area contributed by atoms with E-state index in [0.717, 1.165) is 45.0 Å². The molecule has 5 nitrogen and oxygen atoms in total. The molecule has 0 aliphatic heterocycles. The Morgan fingerprint density at radius 2 is 1.71 bits per heavy atom. The van der Waals surface area contributed by atoms with E-state index >= 15 is 0 Å². The number of hydrogen-bond donors (Lipinski definition) is 2. The zero-order chi connectivity index (χ0) is 19.9. The summed E-state index contributed by atoms with van der Waals surface area (Å²) in [6.45, 7) is 12.2. The van der Waals surface area contributed by atoms with Gasteiger partial charge in [-0.05, 0) is 64.4 Å². The van der Waals surface area contributed by atoms with Gasteiger partial charge >= 0.3 is 0 Å². The van der Waals surface area contributed by atoms with E-state index in [2.05, 4.69) is 83.6 Å². The Bertz CT molecular complexity index is 505.